The summed E-state index contributed by atoms with van der Waals surface area (Å²) in [5.74, 6) is -0.536. The Labute approximate surface area is 101 Å². The molecular weight excluding hydrogens is 243 g/mol. The number of nitrogens with one attached hydrogen (secondary N) is 1. The largest absolute Gasteiger partial charge is 0.320 e. The van der Waals surface area contributed by atoms with E-state index in [9.17, 15) is 12.8 Å². The number of hydrogen-bond donors (Lipinski definition) is 1. The molecule has 1 N–H and O–H groups in total. The molecule has 0 aliphatic heterocycles. The van der Waals surface area contributed by atoms with Crippen LogP contribution in [0.3, 0.4) is 0 Å². The Kier molecular flexibility index (Phi) is 4.89. The standard InChI is InChI=1S/C11H17FN2O2S/c1-13-8-5-9-17(15,16)14(2)11-7-4-3-6-10(11)12/h3-4,6-7,13H,5,8-9H2,1-2H3. The molecule has 1 aromatic carbocycles. The second-order valence-electron chi connectivity index (χ2n) is 3.69. The van der Waals surface area contributed by atoms with E-state index >= 15 is 0 Å². The van der Waals surface area contributed by atoms with Crippen LogP contribution in [0, 0.1) is 5.82 Å². The van der Waals surface area contributed by atoms with Gasteiger partial charge >= 0.3 is 0 Å². The molecule has 0 saturated heterocycles. The highest BCUT2D eigenvalue weighted by atomic mass is 32.2. The van der Waals surface area contributed by atoms with E-state index in [4.69, 9.17) is 0 Å². The highest BCUT2D eigenvalue weighted by Gasteiger charge is 2.20. The van der Waals surface area contributed by atoms with Crippen molar-refractivity contribution in [2.45, 2.75) is 6.42 Å². The van der Waals surface area contributed by atoms with Crippen LogP contribution < -0.4 is 9.62 Å². The quantitative estimate of drug-likeness (QED) is 0.782. The Morgan fingerprint density at radius 2 is 2.00 bits per heavy atom. The summed E-state index contributed by atoms with van der Waals surface area (Å²) in [6, 6.07) is 5.83. The number of halogens is 1. The van der Waals surface area contributed by atoms with Gasteiger partial charge in [-0.2, -0.15) is 0 Å². The molecule has 0 aliphatic carbocycles. The second kappa shape index (κ2) is 5.97. The number of rotatable bonds is 6. The second-order valence-corrected chi connectivity index (χ2v) is 5.81. The molecule has 1 aromatic rings. The van der Waals surface area contributed by atoms with Crippen molar-refractivity contribution in [3.63, 3.8) is 0 Å². The number of sulfonamides is 1. The molecule has 96 valence electrons. The lowest BCUT2D eigenvalue weighted by Gasteiger charge is -2.19. The Balaban J connectivity index is 2.82. The molecule has 17 heavy (non-hydrogen) atoms. The van der Waals surface area contributed by atoms with Gasteiger partial charge in [0, 0.05) is 7.05 Å². The maximum absolute atomic E-state index is 13.4. The molecule has 0 radical (unpaired) electrons. The van der Waals surface area contributed by atoms with Gasteiger partial charge < -0.3 is 5.32 Å². The number of anilines is 1. The van der Waals surface area contributed by atoms with Gasteiger partial charge in [0.1, 0.15) is 5.82 Å². The third-order valence-electron chi connectivity index (χ3n) is 2.44. The number of nitrogens with zero attached hydrogens (tertiary/aromatic N) is 1. The summed E-state index contributed by atoms with van der Waals surface area (Å²) >= 11 is 0. The van der Waals surface area contributed by atoms with Crippen molar-refractivity contribution in [2.24, 2.45) is 0 Å². The van der Waals surface area contributed by atoms with Gasteiger partial charge in [-0.05, 0) is 32.1 Å². The fraction of sp³-hybridized carbons (Fsp3) is 0.455. The predicted octanol–water partition coefficient (Wildman–Crippen LogP) is 1.20. The molecule has 0 atom stereocenters. The Morgan fingerprint density at radius 3 is 2.59 bits per heavy atom. The lowest BCUT2D eigenvalue weighted by atomic mass is 10.3. The first-order chi connectivity index (χ1) is 7.99. The zero-order chi connectivity index (χ0) is 12.9. The normalized spacial score (nSPS) is 11.5. The van der Waals surface area contributed by atoms with Gasteiger partial charge in [-0.15, -0.1) is 0 Å². The average molecular weight is 260 g/mol. The third-order valence-corrected chi connectivity index (χ3v) is 4.27. The van der Waals surface area contributed by atoms with Gasteiger partial charge in [-0.25, -0.2) is 12.8 Å². The van der Waals surface area contributed by atoms with Gasteiger partial charge in [-0.1, -0.05) is 12.1 Å². The highest BCUT2D eigenvalue weighted by Crippen LogP contribution is 2.20. The van der Waals surface area contributed by atoms with Crippen LogP contribution in [-0.4, -0.2) is 34.8 Å². The van der Waals surface area contributed by atoms with Crippen LogP contribution in [0.25, 0.3) is 0 Å². The first-order valence-corrected chi connectivity index (χ1v) is 6.95. The maximum atomic E-state index is 13.4. The summed E-state index contributed by atoms with van der Waals surface area (Å²) < 4.78 is 38.2. The Hall–Kier alpha value is -1.14. The third kappa shape index (κ3) is 3.67. The summed E-state index contributed by atoms with van der Waals surface area (Å²) in [6.07, 6.45) is 0.498. The zero-order valence-electron chi connectivity index (χ0n) is 9.98. The molecule has 1 rings (SSSR count). The van der Waals surface area contributed by atoms with Crippen LogP contribution in [0.5, 0.6) is 0 Å². The van der Waals surface area contributed by atoms with E-state index in [0.29, 0.717) is 13.0 Å². The maximum Gasteiger partial charge on any atom is 0.235 e. The predicted molar refractivity (Wildman–Crippen MR) is 67.1 cm³/mol. The molecule has 0 unspecified atom stereocenters. The van der Waals surface area contributed by atoms with Crippen molar-refractivity contribution in [1.29, 1.82) is 0 Å². The van der Waals surface area contributed by atoms with Crippen molar-refractivity contribution in [3.8, 4) is 0 Å². The summed E-state index contributed by atoms with van der Waals surface area (Å²) in [6.45, 7) is 0.615. The molecule has 0 amide bonds. The number of para-hydroxylation sites is 1. The van der Waals surface area contributed by atoms with Gasteiger partial charge in [0.25, 0.3) is 0 Å². The average Bonchev–Trinajstić information content (AvgIpc) is 2.29. The van der Waals surface area contributed by atoms with E-state index < -0.39 is 15.8 Å². The summed E-state index contributed by atoms with van der Waals surface area (Å²) in [7, 11) is -0.329. The van der Waals surface area contributed by atoms with Gasteiger partial charge in [-0.3, -0.25) is 4.31 Å². The minimum Gasteiger partial charge on any atom is -0.320 e. The van der Waals surface area contributed by atoms with Crippen molar-refractivity contribution in [2.75, 3.05) is 30.7 Å². The van der Waals surface area contributed by atoms with Crippen LogP contribution >= 0.6 is 0 Å². The van der Waals surface area contributed by atoms with E-state index in [2.05, 4.69) is 5.32 Å². The fourth-order valence-electron chi connectivity index (χ4n) is 1.43. The van der Waals surface area contributed by atoms with Crippen LogP contribution in [0.2, 0.25) is 0 Å². The Bertz CT molecular complexity index is 462. The van der Waals surface area contributed by atoms with Crippen LogP contribution in [0.4, 0.5) is 10.1 Å². The van der Waals surface area contributed by atoms with Crippen molar-refractivity contribution in [3.05, 3.63) is 30.1 Å². The summed E-state index contributed by atoms with van der Waals surface area (Å²) in [5, 5.41) is 2.87. The molecule has 0 aromatic heterocycles. The molecule has 0 bridgehead atoms. The fourth-order valence-corrected chi connectivity index (χ4v) is 2.66. The minimum atomic E-state index is -3.45. The first-order valence-electron chi connectivity index (χ1n) is 5.35. The van der Waals surface area contributed by atoms with E-state index in [1.807, 2.05) is 0 Å². The van der Waals surface area contributed by atoms with Gasteiger partial charge in [0.2, 0.25) is 10.0 Å². The summed E-state index contributed by atoms with van der Waals surface area (Å²) in [4.78, 5) is 0. The molecule has 4 nitrogen and oxygen atoms in total. The van der Waals surface area contributed by atoms with Crippen LogP contribution in [-0.2, 0) is 10.0 Å². The lowest BCUT2D eigenvalue weighted by molar-refractivity contribution is 0.586. The van der Waals surface area contributed by atoms with E-state index in [1.165, 1.54) is 25.2 Å². The first kappa shape index (κ1) is 13.9. The van der Waals surface area contributed by atoms with Gasteiger partial charge in [0.15, 0.2) is 0 Å². The molecule has 0 aliphatic rings. The zero-order valence-corrected chi connectivity index (χ0v) is 10.8. The lowest BCUT2D eigenvalue weighted by Crippen LogP contribution is -2.30. The Morgan fingerprint density at radius 1 is 1.35 bits per heavy atom. The molecule has 0 spiro atoms. The molecule has 0 fully saturated rings. The van der Waals surface area contributed by atoms with Crippen LogP contribution in [0.15, 0.2) is 24.3 Å². The van der Waals surface area contributed by atoms with E-state index in [0.717, 1.165) is 4.31 Å². The smallest absolute Gasteiger partial charge is 0.235 e. The number of benzene rings is 1. The SMILES string of the molecule is CNCCCS(=O)(=O)N(C)c1ccccc1F. The molecular formula is C11H17FN2O2S. The highest BCUT2D eigenvalue weighted by molar-refractivity contribution is 7.92. The van der Waals surface area contributed by atoms with E-state index in [-0.39, 0.29) is 11.4 Å². The topological polar surface area (TPSA) is 49.4 Å². The van der Waals surface area contributed by atoms with E-state index in [1.54, 1.807) is 13.1 Å². The summed E-state index contributed by atoms with van der Waals surface area (Å²) in [5.41, 5.74) is 0.0805. The van der Waals surface area contributed by atoms with Crippen molar-refractivity contribution in [1.82, 2.24) is 5.32 Å². The monoisotopic (exact) mass is 260 g/mol. The van der Waals surface area contributed by atoms with Crippen LogP contribution in [0.1, 0.15) is 6.42 Å². The molecule has 0 heterocycles. The molecule has 6 heteroatoms. The van der Waals surface area contributed by atoms with Crippen molar-refractivity contribution < 1.29 is 12.8 Å². The van der Waals surface area contributed by atoms with Gasteiger partial charge in [0.05, 0.1) is 11.4 Å². The van der Waals surface area contributed by atoms with Crippen molar-refractivity contribution >= 4 is 15.7 Å². The number of hydrogen-bond acceptors (Lipinski definition) is 3. The molecule has 0 saturated carbocycles. The minimum absolute atomic E-state index is 0.00132.